The lowest BCUT2D eigenvalue weighted by molar-refractivity contribution is -0.144. The van der Waals surface area contributed by atoms with Crippen molar-refractivity contribution in [2.45, 2.75) is 71.9 Å². The largest absolute Gasteiger partial charge is 0.480 e. The van der Waals surface area contributed by atoms with Crippen LogP contribution in [0.4, 0.5) is 0 Å². The highest BCUT2D eigenvalue weighted by atomic mass is 16.4. The molecule has 0 aromatic rings. The van der Waals surface area contributed by atoms with Crippen molar-refractivity contribution in [3.8, 4) is 0 Å². The topological polar surface area (TPSA) is 60.9 Å². The van der Waals surface area contributed by atoms with Gasteiger partial charge in [-0.1, -0.05) is 40.5 Å². The van der Waals surface area contributed by atoms with E-state index in [0.29, 0.717) is 24.2 Å². The predicted octanol–water partition coefficient (Wildman–Crippen LogP) is 2.84. The second-order valence-electron chi connectivity index (χ2n) is 8.46. The molecular formula is C19H34N2O3. The Hall–Kier alpha value is -1.10. The minimum absolute atomic E-state index is 0.0925. The number of carbonyl (C=O) groups excluding carboxylic acids is 1. The first-order valence-electron chi connectivity index (χ1n) is 9.55. The molecule has 0 aromatic carbocycles. The highest BCUT2D eigenvalue weighted by Gasteiger charge is 2.46. The Kier molecular flexibility index (Phi) is 6.67. The maximum absolute atomic E-state index is 12.9. The summed E-state index contributed by atoms with van der Waals surface area (Å²) >= 11 is 0. The monoisotopic (exact) mass is 338 g/mol. The first-order chi connectivity index (χ1) is 11.3. The summed E-state index contributed by atoms with van der Waals surface area (Å²) in [6.07, 6.45) is 5.21. The van der Waals surface area contributed by atoms with Crippen LogP contribution in [0.15, 0.2) is 0 Å². The molecule has 0 aromatic heterocycles. The number of carbonyl (C=O) groups is 2. The molecule has 1 saturated heterocycles. The Morgan fingerprint density at radius 2 is 1.67 bits per heavy atom. The van der Waals surface area contributed by atoms with Crippen LogP contribution >= 0.6 is 0 Å². The molecule has 5 heteroatoms. The molecule has 1 aliphatic carbocycles. The van der Waals surface area contributed by atoms with Gasteiger partial charge < -0.3 is 10.0 Å². The lowest BCUT2D eigenvalue weighted by Crippen LogP contribution is -2.49. The first-order valence-corrected chi connectivity index (χ1v) is 9.55. The van der Waals surface area contributed by atoms with E-state index in [-0.39, 0.29) is 18.5 Å². The third kappa shape index (κ3) is 4.71. The minimum atomic E-state index is -0.767. The van der Waals surface area contributed by atoms with Crippen molar-refractivity contribution in [3.05, 3.63) is 0 Å². The summed E-state index contributed by atoms with van der Waals surface area (Å²) in [5.41, 5.74) is 0. The van der Waals surface area contributed by atoms with Gasteiger partial charge in [0.1, 0.15) is 6.04 Å². The van der Waals surface area contributed by atoms with Crippen LogP contribution in [0.2, 0.25) is 0 Å². The van der Waals surface area contributed by atoms with Crippen molar-refractivity contribution in [3.63, 3.8) is 0 Å². The van der Waals surface area contributed by atoms with E-state index in [9.17, 15) is 14.7 Å². The van der Waals surface area contributed by atoms with Crippen LogP contribution in [0.3, 0.4) is 0 Å². The van der Waals surface area contributed by atoms with Gasteiger partial charge in [-0.05, 0) is 37.0 Å². The molecule has 3 unspecified atom stereocenters. The van der Waals surface area contributed by atoms with Gasteiger partial charge in [0.25, 0.3) is 0 Å². The number of nitrogens with zero attached hydrogens (tertiary/aromatic N) is 2. The minimum Gasteiger partial charge on any atom is -0.480 e. The van der Waals surface area contributed by atoms with Crippen LogP contribution in [-0.4, -0.2) is 58.5 Å². The summed E-state index contributed by atoms with van der Waals surface area (Å²) in [6.45, 7) is 10.2. The van der Waals surface area contributed by atoms with E-state index in [0.717, 1.165) is 32.4 Å². The van der Waals surface area contributed by atoms with E-state index in [1.165, 1.54) is 6.42 Å². The molecule has 1 aliphatic heterocycles. The highest BCUT2D eigenvalue weighted by molar-refractivity contribution is 5.80. The molecule has 1 N–H and O–H groups in total. The fourth-order valence-electron chi connectivity index (χ4n) is 4.44. The average Bonchev–Trinajstić information content (AvgIpc) is 2.85. The van der Waals surface area contributed by atoms with Crippen molar-refractivity contribution >= 4 is 11.9 Å². The van der Waals surface area contributed by atoms with Crippen molar-refractivity contribution in [1.82, 2.24) is 9.80 Å². The van der Waals surface area contributed by atoms with Gasteiger partial charge in [-0.25, -0.2) is 0 Å². The molecule has 1 saturated carbocycles. The van der Waals surface area contributed by atoms with Crippen molar-refractivity contribution in [2.75, 3.05) is 19.6 Å². The number of hydrogen-bond acceptors (Lipinski definition) is 3. The van der Waals surface area contributed by atoms with Gasteiger partial charge in [0.2, 0.25) is 5.91 Å². The molecule has 3 atom stereocenters. The zero-order valence-corrected chi connectivity index (χ0v) is 15.7. The van der Waals surface area contributed by atoms with E-state index in [1.54, 1.807) is 0 Å². The number of amides is 1. The summed E-state index contributed by atoms with van der Waals surface area (Å²) in [7, 11) is 0. The number of likely N-dealkylation sites (tertiary alicyclic amines) is 1. The van der Waals surface area contributed by atoms with Gasteiger partial charge in [0, 0.05) is 19.1 Å². The smallest absolute Gasteiger partial charge is 0.320 e. The van der Waals surface area contributed by atoms with Crippen LogP contribution in [0, 0.1) is 17.8 Å². The molecule has 2 aliphatic rings. The molecule has 1 amide bonds. The number of fused-ring (bicyclic) bond motifs is 1. The second kappa shape index (κ2) is 8.32. The van der Waals surface area contributed by atoms with Crippen molar-refractivity contribution < 1.29 is 14.7 Å². The molecular weight excluding hydrogens is 304 g/mol. The molecule has 0 radical (unpaired) electrons. The number of rotatable bonds is 7. The lowest BCUT2D eigenvalue weighted by atomic mass is 9.85. The predicted molar refractivity (Wildman–Crippen MR) is 94.7 cm³/mol. The van der Waals surface area contributed by atoms with Crippen molar-refractivity contribution in [1.29, 1.82) is 0 Å². The number of carboxylic acids is 1. The number of carboxylic acid groups (broad SMARTS) is 1. The SMILES string of the molecule is CC(C)CN(CC(C)C)C(=O)CN1C(C(=O)O)CC2CCCCC21. The summed E-state index contributed by atoms with van der Waals surface area (Å²) in [4.78, 5) is 28.5. The molecule has 1 heterocycles. The fraction of sp³-hybridized carbons (Fsp3) is 0.895. The third-order valence-electron chi connectivity index (χ3n) is 5.35. The van der Waals surface area contributed by atoms with Gasteiger partial charge in [0.05, 0.1) is 6.54 Å². The number of hydrogen-bond donors (Lipinski definition) is 1. The zero-order chi connectivity index (χ0) is 17.9. The molecule has 0 spiro atoms. The summed E-state index contributed by atoms with van der Waals surface area (Å²) in [5.74, 6) is 0.621. The number of aliphatic carboxylic acids is 1. The molecule has 24 heavy (non-hydrogen) atoms. The molecule has 138 valence electrons. The zero-order valence-electron chi connectivity index (χ0n) is 15.7. The van der Waals surface area contributed by atoms with Crippen LogP contribution in [0.25, 0.3) is 0 Å². The first kappa shape index (κ1) is 19.2. The molecule has 2 fully saturated rings. The Bertz CT molecular complexity index is 440. The van der Waals surface area contributed by atoms with Gasteiger partial charge in [-0.15, -0.1) is 0 Å². The van der Waals surface area contributed by atoms with E-state index < -0.39 is 12.0 Å². The Balaban J connectivity index is 2.09. The lowest BCUT2D eigenvalue weighted by Gasteiger charge is -2.35. The maximum atomic E-state index is 12.9. The van der Waals surface area contributed by atoms with E-state index >= 15 is 0 Å². The fourth-order valence-corrected chi connectivity index (χ4v) is 4.44. The van der Waals surface area contributed by atoms with Gasteiger partial charge in [0.15, 0.2) is 0 Å². The van der Waals surface area contributed by atoms with E-state index in [2.05, 4.69) is 27.7 Å². The summed E-state index contributed by atoms with van der Waals surface area (Å²) < 4.78 is 0. The average molecular weight is 338 g/mol. The van der Waals surface area contributed by atoms with Crippen LogP contribution in [0.1, 0.15) is 59.8 Å². The summed E-state index contributed by atoms with van der Waals surface area (Å²) in [6, 6.07) is -0.203. The molecule has 0 bridgehead atoms. The van der Waals surface area contributed by atoms with E-state index in [1.807, 2.05) is 9.80 Å². The molecule has 2 rings (SSSR count). The maximum Gasteiger partial charge on any atom is 0.320 e. The molecule has 5 nitrogen and oxygen atoms in total. The standard InChI is InChI=1S/C19H34N2O3/c1-13(2)10-20(11-14(3)4)18(22)12-21-16-8-6-5-7-15(16)9-17(21)19(23)24/h13-17H,5-12H2,1-4H3,(H,23,24). The Morgan fingerprint density at radius 3 is 2.21 bits per heavy atom. The third-order valence-corrected chi connectivity index (χ3v) is 5.35. The Morgan fingerprint density at radius 1 is 1.08 bits per heavy atom. The highest BCUT2D eigenvalue weighted by Crippen LogP contribution is 2.39. The second-order valence-corrected chi connectivity index (χ2v) is 8.46. The van der Waals surface area contributed by atoms with Crippen LogP contribution in [-0.2, 0) is 9.59 Å². The van der Waals surface area contributed by atoms with Crippen molar-refractivity contribution in [2.24, 2.45) is 17.8 Å². The van der Waals surface area contributed by atoms with Crippen LogP contribution < -0.4 is 0 Å². The van der Waals surface area contributed by atoms with Gasteiger partial charge in [-0.3, -0.25) is 14.5 Å². The quantitative estimate of drug-likeness (QED) is 0.775. The normalized spacial score (nSPS) is 27.5. The van der Waals surface area contributed by atoms with Crippen LogP contribution in [0.5, 0.6) is 0 Å². The van der Waals surface area contributed by atoms with E-state index in [4.69, 9.17) is 0 Å². The van der Waals surface area contributed by atoms with Gasteiger partial charge >= 0.3 is 5.97 Å². The summed E-state index contributed by atoms with van der Waals surface area (Å²) in [5, 5.41) is 9.61. The van der Waals surface area contributed by atoms with Gasteiger partial charge in [-0.2, -0.15) is 0 Å². The Labute approximate surface area is 146 Å².